The molecule has 0 saturated carbocycles. The van der Waals surface area contributed by atoms with Gasteiger partial charge in [0.1, 0.15) is 5.78 Å². The van der Waals surface area contributed by atoms with Crippen molar-refractivity contribution in [1.29, 1.82) is 0 Å². The molecule has 2 fully saturated rings. The number of ketones is 2. The smallest absolute Gasteiger partial charge is 0.152 e. The Morgan fingerprint density at radius 2 is 2.35 bits per heavy atom. The third-order valence-corrected chi connectivity index (χ3v) is 3.87. The van der Waals surface area contributed by atoms with Gasteiger partial charge in [-0.1, -0.05) is 6.92 Å². The minimum atomic E-state index is 0.0905. The van der Waals surface area contributed by atoms with Gasteiger partial charge in [-0.25, -0.2) is 0 Å². The van der Waals surface area contributed by atoms with Crippen molar-refractivity contribution in [3.8, 4) is 0 Å². The van der Waals surface area contributed by atoms with Gasteiger partial charge in [0.2, 0.25) is 0 Å². The SMILES string of the molecule is CCC1CN(CC(=O)C2CCOC2)CCC1=O. The number of hydrogen-bond donors (Lipinski definition) is 0. The van der Waals surface area contributed by atoms with Gasteiger partial charge in [0.15, 0.2) is 5.78 Å². The largest absolute Gasteiger partial charge is 0.381 e. The maximum absolute atomic E-state index is 12.0. The molecule has 0 N–H and O–H groups in total. The predicted octanol–water partition coefficient (Wildman–Crippen LogP) is 0.893. The van der Waals surface area contributed by atoms with Crippen LogP contribution < -0.4 is 0 Å². The summed E-state index contributed by atoms with van der Waals surface area (Å²) in [6.45, 7) is 5.34. The van der Waals surface area contributed by atoms with Crippen molar-refractivity contribution >= 4 is 11.6 Å². The summed E-state index contributed by atoms with van der Waals surface area (Å²) in [4.78, 5) is 25.7. The van der Waals surface area contributed by atoms with Crippen LogP contribution in [0.3, 0.4) is 0 Å². The Bertz CT molecular complexity index is 297. The molecule has 0 amide bonds. The summed E-state index contributed by atoms with van der Waals surface area (Å²) in [5, 5.41) is 0. The Labute approximate surface area is 102 Å². The van der Waals surface area contributed by atoms with Gasteiger partial charge in [0.05, 0.1) is 13.2 Å². The predicted molar refractivity (Wildman–Crippen MR) is 63.8 cm³/mol. The van der Waals surface area contributed by atoms with Crippen LogP contribution in [0.15, 0.2) is 0 Å². The van der Waals surface area contributed by atoms with Crippen LogP contribution in [0.5, 0.6) is 0 Å². The average molecular weight is 239 g/mol. The third kappa shape index (κ3) is 3.13. The first-order valence-electron chi connectivity index (χ1n) is 6.56. The molecule has 0 aromatic carbocycles. The number of Topliss-reactive ketones (excluding diaryl/α,β-unsaturated/α-hetero) is 2. The summed E-state index contributed by atoms with van der Waals surface area (Å²) in [6, 6.07) is 0. The Morgan fingerprint density at radius 1 is 1.53 bits per heavy atom. The monoisotopic (exact) mass is 239 g/mol. The van der Waals surface area contributed by atoms with Crippen molar-refractivity contribution in [3.63, 3.8) is 0 Å². The van der Waals surface area contributed by atoms with Crippen molar-refractivity contribution in [3.05, 3.63) is 0 Å². The lowest BCUT2D eigenvalue weighted by atomic mass is 9.93. The molecule has 0 aromatic rings. The molecule has 96 valence electrons. The maximum atomic E-state index is 12.0. The second-order valence-corrected chi connectivity index (χ2v) is 5.08. The fourth-order valence-corrected chi connectivity index (χ4v) is 2.62. The Kier molecular flexibility index (Phi) is 4.29. The number of hydrogen-bond acceptors (Lipinski definition) is 4. The molecule has 0 spiro atoms. The molecule has 4 nitrogen and oxygen atoms in total. The normalized spacial score (nSPS) is 30.8. The van der Waals surface area contributed by atoms with Crippen LogP contribution in [0.2, 0.25) is 0 Å². The third-order valence-electron chi connectivity index (χ3n) is 3.87. The van der Waals surface area contributed by atoms with E-state index >= 15 is 0 Å². The second-order valence-electron chi connectivity index (χ2n) is 5.08. The lowest BCUT2D eigenvalue weighted by Crippen LogP contribution is -2.44. The number of carbonyl (C=O) groups excluding carboxylic acids is 2. The fraction of sp³-hybridized carbons (Fsp3) is 0.846. The van der Waals surface area contributed by atoms with Crippen LogP contribution >= 0.6 is 0 Å². The van der Waals surface area contributed by atoms with E-state index in [2.05, 4.69) is 4.90 Å². The molecule has 2 heterocycles. The summed E-state index contributed by atoms with van der Waals surface area (Å²) in [5.74, 6) is 0.871. The highest BCUT2D eigenvalue weighted by molar-refractivity contribution is 5.85. The molecule has 17 heavy (non-hydrogen) atoms. The molecular weight excluding hydrogens is 218 g/mol. The highest BCUT2D eigenvalue weighted by Gasteiger charge is 2.29. The van der Waals surface area contributed by atoms with Crippen LogP contribution in [-0.4, -0.2) is 49.3 Å². The number of nitrogens with zero attached hydrogens (tertiary/aromatic N) is 1. The minimum absolute atomic E-state index is 0.0905. The van der Waals surface area contributed by atoms with Gasteiger partial charge in [-0.15, -0.1) is 0 Å². The zero-order valence-corrected chi connectivity index (χ0v) is 10.5. The van der Waals surface area contributed by atoms with Crippen molar-refractivity contribution in [2.24, 2.45) is 11.8 Å². The molecule has 2 rings (SSSR count). The quantitative estimate of drug-likeness (QED) is 0.731. The molecule has 2 saturated heterocycles. The first-order valence-corrected chi connectivity index (χ1v) is 6.56. The Balaban J connectivity index is 1.82. The van der Waals surface area contributed by atoms with Gasteiger partial charge in [0, 0.05) is 38.0 Å². The highest BCUT2D eigenvalue weighted by Crippen LogP contribution is 2.18. The fourth-order valence-electron chi connectivity index (χ4n) is 2.62. The van der Waals surface area contributed by atoms with Gasteiger partial charge in [-0.3, -0.25) is 14.5 Å². The van der Waals surface area contributed by atoms with Crippen LogP contribution in [0.4, 0.5) is 0 Å². The van der Waals surface area contributed by atoms with E-state index in [4.69, 9.17) is 4.74 Å². The van der Waals surface area contributed by atoms with E-state index in [0.717, 1.165) is 25.9 Å². The van der Waals surface area contributed by atoms with Gasteiger partial charge < -0.3 is 4.74 Å². The molecule has 4 heteroatoms. The van der Waals surface area contributed by atoms with Crippen LogP contribution in [0.25, 0.3) is 0 Å². The van der Waals surface area contributed by atoms with E-state index in [1.54, 1.807) is 0 Å². The van der Waals surface area contributed by atoms with E-state index in [1.165, 1.54) is 0 Å². The van der Waals surface area contributed by atoms with Crippen LogP contribution in [0.1, 0.15) is 26.2 Å². The highest BCUT2D eigenvalue weighted by atomic mass is 16.5. The summed E-state index contributed by atoms with van der Waals surface area (Å²) in [7, 11) is 0. The standard InChI is InChI=1S/C13H21NO3/c1-2-10-7-14(5-3-12(10)15)8-13(16)11-4-6-17-9-11/h10-11H,2-9H2,1H3. The van der Waals surface area contributed by atoms with Crippen LogP contribution in [-0.2, 0) is 14.3 Å². The zero-order valence-electron chi connectivity index (χ0n) is 10.5. The molecule has 2 aliphatic heterocycles. The van der Waals surface area contributed by atoms with E-state index < -0.39 is 0 Å². The molecule has 2 unspecified atom stereocenters. The van der Waals surface area contributed by atoms with E-state index in [0.29, 0.717) is 32.0 Å². The summed E-state index contributed by atoms with van der Waals surface area (Å²) in [6.07, 6.45) is 2.35. The lowest BCUT2D eigenvalue weighted by molar-refractivity contribution is -0.130. The van der Waals surface area contributed by atoms with Gasteiger partial charge in [-0.05, 0) is 12.8 Å². The van der Waals surface area contributed by atoms with E-state index in [1.807, 2.05) is 6.92 Å². The number of rotatable bonds is 4. The van der Waals surface area contributed by atoms with Crippen molar-refractivity contribution in [2.45, 2.75) is 26.2 Å². The lowest BCUT2D eigenvalue weighted by Gasteiger charge is -2.31. The van der Waals surface area contributed by atoms with E-state index in [9.17, 15) is 9.59 Å². The second kappa shape index (κ2) is 5.74. The molecule has 0 aliphatic carbocycles. The van der Waals surface area contributed by atoms with Crippen molar-refractivity contribution < 1.29 is 14.3 Å². The van der Waals surface area contributed by atoms with E-state index in [-0.39, 0.29) is 17.6 Å². The van der Waals surface area contributed by atoms with Crippen LogP contribution in [0, 0.1) is 11.8 Å². The van der Waals surface area contributed by atoms with Crippen molar-refractivity contribution in [2.75, 3.05) is 32.8 Å². The Morgan fingerprint density at radius 3 is 3.00 bits per heavy atom. The maximum Gasteiger partial charge on any atom is 0.152 e. The first kappa shape index (κ1) is 12.7. The molecule has 0 aromatic heterocycles. The number of likely N-dealkylation sites (tertiary alicyclic amines) is 1. The number of carbonyl (C=O) groups is 2. The van der Waals surface area contributed by atoms with Gasteiger partial charge >= 0.3 is 0 Å². The molecule has 2 aliphatic rings. The summed E-state index contributed by atoms with van der Waals surface area (Å²) >= 11 is 0. The van der Waals surface area contributed by atoms with Gasteiger partial charge in [-0.2, -0.15) is 0 Å². The average Bonchev–Trinajstić information content (AvgIpc) is 2.85. The Hall–Kier alpha value is -0.740. The summed E-state index contributed by atoms with van der Waals surface area (Å²) in [5.41, 5.74) is 0. The van der Waals surface area contributed by atoms with Crippen molar-refractivity contribution in [1.82, 2.24) is 4.90 Å². The topological polar surface area (TPSA) is 46.6 Å². The van der Waals surface area contributed by atoms with Gasteiger partial charge in [0.25, 0.3) is 0 Å². The summed E-state index contributed by atoms with van der Waals surface area (Å²) < 4.78 is 5.23. The molecule has 0 bridgehead atoms. The number of piperidine rings is 1. The minimum Gasteiger partial charge on any atom is -0.381 e. The molecular formula is C13H21NO3. The zero-order chi connectivity index (χ0) is 12.3. The molecule has 2 atom stereocenters. The number of ether oxygens (including phenoxy) is 1. The molecule has 0 radical (unpaired) electrons. The first-order chi connectivity index (χ1) is 8.20.